The molecular formula is C11H15FN2O. The maximum absolute atomic E-state index is 13.3. The van der Waals surface area contributed by atoms with E-state index in [0.717, 1.165) is 5.56 Å². The number of hydrogen-bond donors (Lipinski definition) is 2. The molecule has 0 spiro atoms. The minimum Gasteiger partial charge on any atom is -0.348 e. The van der Waals surface area contributed by atoms with Gasteiger partial charge in [0.15, 0.2) is 0 Å². The molecule has 3 nitrogen and oxygen atoms in total. The van der Waals surface area contributed by atoms with Gasteiger partial charge in [-0.1, -0.05) is 11.6 Å². The van der Waals surface area contributed by atoms with Crippen LogP contribution in [0.25, 0.3) is 0 Å². The second-order valence-corrected chi connectivity index (χ2v) is 3.59. The van der Waals surface area contributed by atoms with Gasteiger partial charge in [-0.25, -0.2) is 4.39 Å². The summed E-state index contributed by atoms with van der Waals surface area (Å²) in [7, 11) is 0. The molecule has 0 aliphatic heterocycles. The van der Waals surface area contributed by atoms with E-state index in [2.05, 4.69) is 5.32 Å². The topological polar surface area (TPSA) is 55.1 Å². The van der Waals surface area contributed by atoms with Crippen LogP contribution in [0.15, 0.2) is 18.2 Å². The van der Waals surface area contributed by atoms with Crippen LogP contribution in [0.2, 0.25) is 0 Å². The van der Waals surface area contributed by atoms with Crippen molar-refractivity contribution in [2.75, 3.05) is 6.54 Å². The van der Waals surface area contributed by atoms with Gasteiger partial charge in [0.2, 0.25) is 0 Å². The molecular weight excluding hydrogens is 195 g/mol. The molecule has 0 saturated carbocycles. The summed E-state index contributed by atoms with van der Waals surface area (Å²) in [6.45, 7) is 3.91. The number of amides is 1. The summed E-state index contributed by atoms with van der Waals surface area (Å²) in [6.07, 6.45) is 0. The zero-order chi connectivity index (χ0) is 11.4. The molecule has 0 radical (unpaired) electrons. The van der Waals surface area contributed by atoms with Crippen LogP contribution in [0.4, 0.5) is 4.39 Å². The molecule has 15 heavy (non-hydrogen) atoms. The summed E-state index contributed by atoms with van der Waals surface area (Å²) in [6, 6.07) is 4.28. The Balaban J connectivity index is 2.86. The van der Waals surface area contributed by atoms with Crippen molar-refractivity contribution in [1.29, 1.82) is 0 Å². The van der Waals surface area contributed by atoms with Gasteiger partial charge in [0.1, 0.15) is 5.82 Å². The van der Waals surface area contributed by atoms with Crippen molar-refractivity contribution >= 4 is 5.91 Å². The van der Waals surface area contributed by atoms with Crippen LogP contribution < -0.4 is 11.1 Å². The molecule has 1 unspecified atom stereocenters. The third-order valence-corrected chi connectivity index (χ3v) is 2.10. The Labute approximate surface area is 88.5 Å². The first-order chi connectivity index (χ1) is 7.04. The summed E-state index contributed by atoms with van der Waals surface area (Å²) in [4.78, 5) is 11.6. The molecule has 0 aromatic heterocycles. The van der Waals surface area contributed by atoms with Crippen LogP contribution >= 0.6 is 0 Å². The van der Waals surface area contributed by atoms with Gasteiger partial charge < -0.3 is 11.1 Å². The number of aryl methyl sites for hydroxylation is 1. The fourth-order valence-electron chi connectivity index (χ4n) is 1.17. The molecule has 1 aromatic rings. The van der Waals surface area contributed by atoms with Crippen molar-refractivity contribution in [3.63, 3.8) is 0 Å². The van der Waals surface area contributed by atoms with Gasteiger partial charge in [0.05, 0.1) is 5.56 Å². The molecule has 82 valence electrons. The van der Waals surface area contributed by atoms with E-state index in [0.29, 0.717) is 6.54 Å². The third kappa shape index (κ3) is 3.02. The standard InChI is InChI=1S/C11H15FN2O/c1-7-3-4-10(12)9(5-7)11(15)14-8(2)6-13/h3-5,8H,6,13H2,1-2H3,(H,14,15). The number of nitrogens with one attached hydrogen (secondary N) is 1. The lowest BCUT2D eigenvalue weighted by atomic mass is 10.1. The maximum Gasteiger partial charge on any atom is 0.254 e. The molecule has 0 aliphatic rings. The molecule has 0 saturated heterocycles. The van der Waals surface area contributed by atoms with Gasteiger partial charge in [-0.05, 0) is 26.0 Å². The van der Waals surface area contributed by atoms with Crippen molar-refractivity contribution in [3.05, 3.63) is 35.1 Å². The van der Waals surface area contributed by atoms with Crippen LogP contribution in [0.5, 0.6) is 0 Å². The molecule has 0 aliphatic carbocycles. The van der Waals surface area contributed by atoms with Crippen molar-refractivity contribution in [1.82, 2.24) is 5.32 Å². The average Bonchev–Trinajstić information content (AvgIpc) is 2.21. The van der Waals surface area contributed by atoms with Crippen molar-refractivity contribution < 1.29 is 9.18 Å². The monoisotopic (exact) mass is 210 g/mol. The summed E-state index contributed by atoms with van der Waals surface area (Å²) < 4.78 is 13.3. The highest BCUT2D eigenvalue weighted by molar-refractivity contribution is 5.94. The van der Waals surface area contributed by atoms with Crippen LogP contribution in [-0.4, -0.2) is 18.5 Å². The number of carbonyl (C=O) groups is 1. The fraction of sp³-hybridized carbons (Fsp3) is 0.364. The SMILES string of the molecule is Cc1ccc(F)c(C(=O)NC(C)CN)c1. The Kier molecular flexibility index (Phi) is 3.80. The van der Waals surface area contributed by atoms with Crippen molar-refractivity contribution in [2.45, 2.75) is 19.9 Å². The molecule has 1 amide bonds. The van der Waals surface area contributed by atoms with Gasteiger partial charge in [0, 0.05) is 12.6 Å². The zero-order valence-corrected chi connectivity index (χ0v) is 8.88. The van der Waals surface area contributed by atoms with E-state index in [-0.39, 0.29) is 11.6 Å². The lowest BCUT2D eigenvalue weighted by Crippen LogP contribution is -2.38. The molecule has 0 fully saturated rings. The first-order valence-corrected chi connectivity index (χ1v) is 4.81. The lowest BCUT2D eigenvalue weighted by Gasteiger charge is -2.11. The number of nitrogens with two attached hydrogens (primary N) is 1. The molecule has 0 bridgehead atoms. The smallest absolute Gasteiger partial charge is 0.254 e. The number of rotatable bonds is 3. The maximum atomic E-state index is 13.3. The van der Waals surface area contributed by atoms with Gasteiger partial charge in [0.25, 0.3) is 5.91 Å². The Bertz CT molecular complexity index is 366. The average molecular weight is 210 g/mol. The lowest BCUT2D eigenvalue weighted by molar-refractivity contribution is 0.0937. The minimum absolute atomic E-state index is 0.0651. The van der Waals surface area contributed by atoms with E-state index in [4.69, 9.17) is 5.73 Å². The summed E-state index contributed by atoms with van der Waals surface area (Å²) in [5.74, 6) is -0.934. The largest absolute Gasteiger partial charge is 0.348 e. The Morgan fingerprint density at radius 1 is 1.60 bits per heavy atom. The van der Waals surface area contributed by atoms with Crippen LogP contribution in [0, 0.1) is 12.7 Å². The molecule has 4 heteroatoms. The highest BCUT2D eigenvalue weighted by Crippen LogP contribution is 2.09. The normalized spacial score (nSPS) is 12.3. The second kappa shape index (κ2) is 4.89. The van der Waals surface area contributed by atoms with Crippen molar-refractivity contribution in [3.8, 4) is 0 Å². The van der Waals surface area contributed by atoms with E-state index in [1.165, 1.54) is 12.1 Å². The third-order valence-electron chi connectivity index (χ3n) is 2.10. The number of halogens is 1. The first-order valence-electron chi connectivity index (χ1n) is 4.81. The molecule has 1 aromatic carbocycles. The highest BCUT2D eigenvalue weighted by atomic mass is 19.1. The van der Waals surface area contributed by atoms with Gasteiger partial charge in [-0.3, -0.25) is 4.79 Å². The molecule has 3 N–H and O–H groups in total. The van der Waals surface area contributed by atoms with Gasteiger partial charge in [-0.15, -0.1) is 0 Å². The number of benzene rings is 1. The van der Waals surface area contributed by atoms with Crippen molar-refractivity contribution in [2.24, 2.45) is 5.73 Å². The number of hydrogen-bond acceptors (Lipinski definition) is 2. The van der Waals surface area contributed by atoms with E-state index >= 15 is 0 Å². The number of carbonyl (C=O) groups excluding carboxylic acids is 1. The van der Waals surface area contributed by atoms with E-state index in [1.807, 2.05) is 6.92 Å². The molecule has 0 heterocycles. The molecule has 1 rings (SSSR count). The summed E-state index contributed by atoms with van der Waals surface area (Å²) in [5, 5.41) is 2.61. The van der Waals surface area contributed by atoms with E-state index in [1.54, 1.807) is 13.0 Å². The zero-order valence-electron chi connectivity index (χ0n) is 8.88. The summed E-state index contributed by atoms with van der Waals surface area (Å²) in [5.41, 5.74) is 6.27. The quantitative estimate of drug-likeness (QED) is 0.788. The molecule has 1 atom stereocenters. The predicted octanol–water partition coefficient (Wildman–Crippen LogP) is 1.21. The predicted molar refractivity (Wildman–Crippen MR) is 57.1 cm³/mol. The Morgan fingerprint density at radius 2 is 2.27 bits per heavy atom. The van der Waals surface area contributed by atoms with Gasteiger partial charge >= 0.3 is 0 Å². The first kappa shape index (κ1) is 11.7. The minimum atomic E-state index is -0.512. The van der Waals surface area contributed by atoms with Gasteiger partial charge in [-0.2, -0.15) is 0 Å². The Hall–Kier alpha value is -1.42. The highest BCUT2D eigenvalue weighted by Gasteiger charge is 2.13. The van der Waals surface area contributed by atoms with Crippen LogP contribution in [0.1, 0.15) is 22.8 Å². The Morgan fingerprint density at radius 3 is 2.87 bits per heavy atom. The second-order valence-electron chi connectivity index (χ2n) is 3.59. The fourth-order valence-corrected chi connectivity index (χ4v) is 1.17. The van der Waals surface area contributed by atoms with Crippen LogP contribution in [-0.2, 0) is 0 Å². The van der Waals surface area contributed by atoms with E-state index in [9.17, 15) is 9.18 Å². The van der Waals surface area contributed by atoms with E-state index < -0.39 is 11.7 Å². The summed E-state index contributed by atoms with van der Waals surface area (Å²) >= 11 is 0. The van der Waals surface area contributed by atoms with Crippen LogP contribution in [0.3, 0.4) is 0 Å².